The molecule has 0 aromatic heterocycles. The number of aryl methyl sites for hydroxylation is 1. The molecular weight excluding hydrogens is 438 g/mol. The van der Waals surface area contributed by atoms with Crippen molar-refractivity contribution in [3.8, 4) is 0 Å². The van der Waals surface area contributed by atoms with Gasteiger partial charge in [0.2, 0.25) is 0 Å². The molecule has 0 spiro atoms. The van der Waals surface area contributed by atoms with Gasteiger partial charge >= 0.3 is 0 Å². The molecule has 3 rings (SSSR count). The Hall–Kier alpha value is -0.673. The van der Waals surface area contributed by atoms with Gasteiger partial charge in [-0.2, -0.15) is 0 Å². The predicted molar refractivity (Wildman–Crippen MR) is 138 cm³/mol. The van der Waals surface area contributed by atoms with E-state index in [1.54, 1.807) is 31.0 Å². The lowest BCUT2D eigenvalue weighted by Crippen LogP contribution is -2.28. The van der Waals surface area contributed by atoms with Gasteiger partial charge in [-0.05, 0) is 61.1 Å². The first-order chi connectivity index (χ1) is 15.6. The van der Waals surface area contributed by atoms with Crippen LogP contribution in [0.4, 0.5) is 8.78 Å². The summed E-state index contributed by atoms with van der Waals surface area (Å²) in [6.07, 6.45) is 17.7. The van der Waals surface area contributed by atoms with Crippen LogP contribution in [0.2, 0.25) is 18.1 Å². The highest BCUT2D eigenvalue weighted by Gasteiger charge is 2.30. The topological polar surface area (TPSA) is 0 Å². The Morgan fingerprint density at radius 3 is 2.38 bits per heavy atom. The molecule has 2 aliphatic rings. The van der Waals surface area contributed by atoms with E-state index in [1.165, 1.54) is 69.9 Å². The first-order valence-corrected chi connectivity index (χ1v) is 16.2. The van der Waals surface area contributed by atoms with Crippen molar-refractivity contribution in [3.05, 3.63) is 40.7 Å². The summed E-state index contributed by atoms with van der Waals surface area (Å²) in [4.78, 5) is 0. The van der Waals surface area contributed by atoms with Crippen molar-refractivity contribution in [1.82, 2.24) is 0 Å². The minimum absolute atomic E-state index is 0.0483. The Balaban J connectivity index is 1.29. The van der Waals surface area contributed by atoms with Crippen LogP contribution in [0, 0.1) is 23.6 Å². The Morgan fingerprint density at radius 2 is 1.72 bits per heavy atom. The van der Waals surface area contributed by atoms with E-state index >= 15 is 0 Å². The zero-order valence-electron chi connectivity index (χ0n) is 20.1. The SMILES string of the molecule is CCCCC[SiH]1CCC(C2CCC(CCCCc3ccc(/C(F)=C\Cl)c(F)c3)CC2)CC1. The minimum Gasteiger partial charge on any atom is -0.206 e. The van der Waals surface area contributed by atoms with E-state index in [0.29, 0.717) is 0 Å². The summed E-state index contributed by atoms with van der Waals surface area (Å²) in [6.45, 7) is 2.32. The van der Waals surface area contributed by atoms with E-state index in [2.05, 4.69) is 6.92 Å². The Bertz CT molecular complexity index is 703. The van der Waals surface area contributed by atoms with Crippen LogP contribution in [0.25, 0.3) is 5.83 Å². The molecule has 0 radical (unpaired) electrons. The van der Waals surface area contributed by atoms with Gasteiger partial charge in [0.1, 0.15) is 11.6 Å². The highest BCUT2D eigenvalue weighted by atomic mass is 35.5. The molecule has 4 heteroatoms. The van der Waals surface area contributed by atoms with Gasteiger partial charge in [-0.25, -0.2) is 8.78 Å². The second kappa shape index (κ2) is 13.9. The highest BCUT2D eigenvalue weighted by Crippen LogP contribution is 2.42. The molecule has 1 saturated carbocycles. The lowest BCUT2D eigenvalue weighted by atomic mass is 9.73. The molecule has 0 bridgehead atoms. The third-order valence-corrected chi connectivity index (χ3v) is 12.1. The number of unbranched alkanes of at least 4 members (excludes halogenated alkanes) is 3. The van der Waals surface area contributed by atoms with Gasteiger partial charge < -0.3 is 0 Å². The number of halogens is 3. The molecule has 0 unspecified atom stereocenters. The summed E-state index contributed by atoms with van der Waals surface area (Å²) in [5.41, 5.74) is 1.69. The third kappa shape index (κ3) is 7.97. The maximum atomic E-state index is 14.0. The zero-order chi connectivity index (χ0) is 22.8. The Morgan fingerprint density at radius 1 is 1.00 bits per heavy atom. The number of hydrogen-bond donors (Lipinski definition) is 0. The van der Waals surface area contributed by atoms with Crippen LogP contribution in [-0.2, 0) is 6.42 Å². The predicted octanol–water partition coefficient (Wildman–Crippen LogP) is 9.68. The largest absolute Gasteiger partial charge is 0.206 e. The van der Waals surface area contributed by atoms with Gasteiger partial charge in [-0.15, -0.1) is 0 Å². The zero-order valence-corrected chi connectivity index (χ0v) is 22.0. The first-order valence-electron chi connectivity index (χ1n) is 13.3. The van der Waals surface area contributed by atoms with Crippen molar-refractivity contribution in [2.75, 3.05) is 0 Å². The Labute approximate surface area is 201 Å². The fourth-order valence-corrected chi connectivity index (χ4v) is 9.96. The molecule has 0 N–H and O–H groups in total. The van der Waals surface area contributed by atoms with Crippen LogP contribution in [-0.4, -0.2) is 8.80 Å². The molecule has 180 valence electrons. The fourth-order valence-electron chi connectivity index (χ4n) is 6.31. The van der Waals surface area contributed by atoms with E-state index in [4.69, 9.17) is 11.6 Å². The van der Waals surface area contributed by atoms with Crippen LogP contribution in [0.5, 0.6) is 0 Å². The van der Waals surface area contributed by atoms with Crippen molar-refractivity contribution in [3.63, 3.8) is 0 Å². The van der Waals surface area contributed by atoms with E-state index in [9.17, 15) is 8.78 Å². The molecule has 1 heterocycles. The van der Waals surface area contributed by atoms with E-state index in [1.807, 2.05) is 6.07 Å². The normalized spacial score (nSPS) is 26.9. The summed E-state index contributed by atoms with van der Waals surface area (Å²) in [7, 11) is -0.372. The summed E-state index contributed by atoms with van der Waals surface area (Å²) >= 11 is 5.35. The molecule has 32 heavy (non-hydrogen) atoms. The average molecular weight is 481 g/mol. The second-order valence-corrected chi connectivity index (χ2v) is 14.3. The van der Waals surface area contributed by atoms with Crippen LogP contribution in [0.15, 0.2) is 23.7 Å². The molecule has 0 amide bonds. The van der Waals surface area contributed by atoms with Crippen molar-refractivity contribution in [1.29, 1.82) is 0 Å². The van der Waals surface area contributed by atoms with Crippen molar-refractivity contribution < 1.29 is 8.78 Å². The van der Waals surface area contributed by atoms with Crippen LogP contribution < -0.4 is 0 Å². The summed E-state index contributed by atoms with van der Waals surface area (Å²) in [5, 5.41) is 0. The quantitative estimate of drug-likeness (QED) is 0.218. The van der Waals surface area contributed by atoms with Crippen molar-refractivity contribution in [2.24, 2.45) is 17.8 Å². The van der Waals surface area contributed by atoms with Gasteiger partial charge in [-0.3, -0.25) is 0 Å². The lowest BCUT2D eigenvalue weighted by Gasteiger charge is -2.37. The van der Waals surface area contributed by atoms with Gasteiger partial charge in [0.15, 0.2) is 0 Å². The molecule has 1 saturated heterocycles. The van der Waals surface area contributed by atoms with Crippen molar-refractivity contribution in [2.45, 2.75) is 109 Å². The summed E-state index contributed by atoms with van der Waals surface area (Å²) < 4.78 is 27.5. The standard InChI is InChI=1S/C28H43ClF2Si/c1-2-3-6-17-32-18-15-25(16-19-32)24-12-9-22(10-13-24)7-4-5-8-23-11-14-26(27(30)20-23)28(31)21-29/h11,14,20-22,24-25,32H,2-10,12-13,15-19H2,1H3/b28-21+. The fraction of sp³-hybridized carbons (Fsp3) is 0.714. The average Bonchev–Trinajstić information content (AvgIpc) is 2.82. The number of benzene rings is 1. The van der Waals surface area contributed by atoms with Crippen LogP contribution >= 0.6 is 11.6 Å². The summed E-state index contributed by atoms with van der Waals surface area (Å²) in [6, 6.07) is 9.66. The van der Waals surface area contributed by atoms with Gasteiger partial charge in [-0.1, -0.05) is 101 Å². The maximum absolute atomic E-state index is 14.0. The lowest BCUT2D eigenvalue weighted by molar-refractivity contribution is 0.184. The number of hydrogen-bond acceptors (Lipinski definition) is 0. The second-order valence-electron chi connectivity index (χ2n) is 10.6. The van der Waals surface area contributed by atoms with Crippen molar-refractivity contribution >= 4 is 26.2 Å². The molecule has 0 atom stereocenters. The number of rotatable bonds is 11. The third-order valence-electron chi connectivity index (χ3n) is 8.38. The Kier molecular flexibility index (Phi) is 11.3. The van der Waals surface area contributed by atoms with Gasteiger partial charge in [0.05, 0.1) is 0 Å². The first kappa shape index (κ1) is 25.9. The molecule has 1 aromatic rings. The molecule has 0 nitrogen and oxygen atoms in total. The monoisotopic (exact) mass is 480 g/mol. The van der Waals surface area contributed by atoms with Gasteiger partial charge in [0.25, 0.3) is 0 Å². The smallest absolute Gasteiger partial charge is 0.144 e. The molecule has 1 aromatic carbocycles. The molecule has 1 aliphatic heterocycles. The van der Waals surface area contributed by atoms with Crippen LogP contribution in [0.1, 0.15) is 95.1 Å². The van der Waals surface area contributed by atoms with Gasteiger partial charge in [0, 0.05) is 19.9 Å². The summed E-state index contributed by atoms with van der Waals surface area (Å²) in [5.74, 6) is 1.72. The van der Waals surface area contributed by atoms with E-state index < -0.39 is 11.6 Å². The van der Waals surface area contributed by atoms with E-state index in [0.717, 1.165) is 41.7 Å². The highest BCUT2D eigenvalue weighted by molar-refractivity contribution is 6.58. The maximum Gasteiger partial charge on any atom is 0.144 e. The molecule has 2 fully saturated rings. The van der Waals surface area contributed by atoms with E-state index in [-0.39, 0.29) is 14.4 Å². The van der Waals surface area contributed by atoms with Crippen LogP contribution in [0.3, 0.4) is 0 Å². The minimum atomic E-state index is -0.714. The molecular formula is C28H43ClF2Si. The molecule has 1 aliphatic carbocycles.